The fourth-order valence-electron chi connectivity index (χ4n) is 0.640. The number of hydrogen-bond donors (Lipinski definition) is 2. The topological polar surface area (TPSA) is 68.2 Å². The fourth-order valence-corrected chi connectivity index (χ4v) is 0.640. The first kappa shape index (κ1) is 32.2. The van der Waals surface area contributed by atoms with Crippen molar-refractivity contribution in [2.75, 3.05) is 47.1 Å². The zero-order chi connectivity index (χ0) is 20.6. The van der Waals surface area contributed by atoms with Gasteiger partial charge in [0.25, 0.3) is 0 Å². The molecule has 0 aliphatic heterocycles. The Labute approximate surface area is 149 Å². The molecule has 0 aliphatic carbocycles. The van der Waals surface area contributed by atoms with Crippen molar-refractivity contribution in [1.82, 2.24) is 0 Å². The highest BCUT2D eigenvalue weighted by Gasteiger charge is 2.28. The Morgan fingerprint density at radius 1 is 1.00 bits per heavy atom. The first-order valence-corrected chi connectivity index (χ1v) is 8.25. The monoisotopic (exact) mass is 384 g/mol. The quantitative estimate of drug-likeness (QED) is 0.444. The van der Waals surface area contributed by atoms with Crippen molar-refractivity contribution in [2.24, 2.45) is 0 Å². The third-order valence-electron chi connectivity index (χ3n) is 1.84. The van der Waals surface area contributed by atoms with Crippen LogP contribution < -0.4 is 0 Å². The van der Waals surface area contributed by atoms with Gasteiger partial charge in [-0.1, -0.05) is 47.0 Å². The van der Waals surface area contributed by atoms with Gasteiger partial charge in [-0.3, -0.25) is 4.74 Å². The Hall–Kier alpha value is -0.480. The van der Waals surface area contributed by atoms with Crippen molar-refractivity contribution in [3.8, 4) is 0 Å². The zero-order valence-corrected chi connectivity index (χ0v) is 16.1. The number of aliphatic hydroxyl groups excluding tert-OH is 2. The normalized spacial score (nSPS) is 11.2. The van der Waals surface area contributed by atoms with E-state index in [-0.39, 0.29) is 19.8 Å². The molecule has 9 heteroatoms. The lowest BCUT2D eigenvalue weighted by atomic mass is 10.4. The van der Waals surface area contributed by atoms with E-state index in [1.165, 1.54) is 26.4 Å². The van der Waals surface area contributed by atoms with E-state index < -0.39 is 32.4 Å². The Morgan fingerprint density at radius 2 is 1.48 bits per heavy atom. The number of ether oxygens (including phenoxy) is 3. The van der Waals surface area contributed by atoms with Gasteiger partial charge in [0.05, 0.1) is 19.8 Å². The SMILES string of the molecule is CCC.CCCC.COCC(O)COCCF.OCC(F)(F)OCF. The molecule has 25 heavy (non-hydrogen) atoms. The molecule has 0 aromatic rings. The highest BCUT2D eigenvalue weighted by Crippen LogP contribution is 2.12. The maximum Gasteiger partial charge on any atom is 0.380 e. The maximum absolute atomic E-state index is 11.4. The number of unbranched alkanes of at least 4 members (excludes halogenated alkanes) is 1. The third kappa shape index (κ3) is 45.2. The fraction of sp³-hybridized carbons (Fsp3) is 1.00. The highest BCUT2D eigenvalue weighted by molar-refractivity contribution is 4.49. The van der Waals surface area contributed by atoms with Crippen LogP contribution in [0.15, 0.2) is 0 Å². The largest absolute Gasteiger partial charge is 0.388 e. The Bertz CT molecular complexity index is 211. The van der Waals surface area contributed by atoms with Gasteiger partial charge in [-0.2, -0.15) is 8.78 Å². The molecule has 2 N–H and O–H groups in total. The van der Waals surface area contributed by atoms with E-state index in [9.17, 15) is 17.6 Å². The summed E-state index contributed by atoms with van der Waals surface area (Å²) in [5.41, 5.74) is 0. The second-order valence-corrected chi connectivity index (χ2v) is 4.63. The predicted molar refractivity (Wildman–Crippen MR) is 90.3 cm³/mol. The van der Waals surface area contributed by atoms with E-state index in [2.05, 4.69) is 37.2 Å². The van der Waals surface area contributed by atoms with Crippen LogP contribution in [0.2, 0.25) is 0 Å². The molecule has 0 heterocycles. The Balaban J connectivity index is -0.000000131. The van der Waals surface area contributed by atoms with Crippen molar-refractivity contribution in [3.63, 3.8) is 0 Å². The molecule has 0 aromatic carbocycles. The second kappa shape index (κ2) is 28.3. The lowest BCUT2D eigenvalue weighted by Gasteiger charge is -2.09. The average molecular weight is 384 g/mol. The van der Waals surface area contributed by atoms with E-state index in [0.29, 0.717) is 0 Å². The summed E-state index contributed by atoms with van der Waals surface area (Å²) in [5.74, 6) is 0. The molecule has 5 nitrogen and oxygen atoms in total. The van der Waals surface area contributed by atoms with E-state index in [1.54, 1.807) is 0 Å². The predicted octanol–water partition coefficient (Wildman–Crippen LogP) is 3.72. The summed E-state index contributed by atoms with van der Waals surface area (Å²) >= 11 is 0. The molecule has 0 amide bonds. The molecule has 1 unspecified atom stereocenters. The van der Waals surface area contributed by atoms with E-state index in [1.807, 2.05) is 0 Å². The number of hydrogen-bond acceptors (Lipinski definition) is 5. The summed E-state index contributed by atoms with van der Waals surface area (Å²) in [6, 6.07) is 0. The van der Waals surface area contributed by atoms with Crippen molar-refractivity contribution in [1.29, 1.82) is 0 Å². The molecule has 0 rings (SSSR count). The van der Waals surface area contributed by atoms with Crippen molar-refractivity contribution >= 4 is 0 Å². The minimum absolute atomic E-state index is 0.0424. The van der Waals surface area contributed by atoms with E-state index in [4.69, 9.17) is 14.9 Å². The summed E-state index contributed by atoms with van der Waals surface area (Å²) in [6.45, 7) is 5.43. The van der Waals surface area contributed by atoms with Crippen LogP contribution in [0.5, 0.6) is 0 Å². The first-order chi connectivity index (χ1) is 11.8. The molecule has 0 spiro atoms. The van der Waals surface area contributed by atoms with E-state index >= 15 is 0 Å². The van der Waals surface area contributed by atoms with Crippen LogP contribution in [0.25, 0.3) is 0 Å². The van der Waals surface area contributed by atoms with Gasteiger partial charge in [0.15, 0.2) is 6.86 Å². The van der Waals surface area contributed by atoms with Crippen LogP contribution in [0.4, 0.5) is 17.6 Å². The lowest BCUT2D eigenvalue weighted by Crippen LogP contribution is -2.24. The number of aliphatic hydroxyl groups is 2. The van der Waals surface area contributed by atoms with Gasteiger partial charge in [-0.15, -0.1) is 0 Å². The van der Waals surface area contributed by atoms with Crippen molar-refractivity contribution in [2.45, 2.75) is 59.2 Å². The molecule has 0 bridgehead atoms. The number of rotatable bonds is 10. The van der Waals surface area contributed by atoms with Gasteiger partial charge >= 0.3 is 6.11 Å². The minimum atomic E-state index is -3.73. The van der Waals surface area contributed by atoms with Gasteiger partial charge in [0.1, 0.15) is 19.4 Å². The summed E-state index contributed by atoms with van der Waals surface area (Å²) in [4.78, 5) is 0. The molecule has 0 saturated carbocycles. The van der Waals surface area contributed by atoms with Gasteiger partial charge in [-0.05, 0) is 0 Å². The van der Waals surface area contributed by atoms with Gasteiger partial charge in [-0.25, -0.2) is 8.78 Å². The van der Waals surface area contributed by atoms with Crippen LogP contribution in [-0.2, 0) is 14.2 Å². The lowest BCUT2D eigenvalue weighted by molar-refractivity contribution is -0.272. The van der Waals surface area contributed by atoms with Crippen LogP contribution in [-0.4, -0.2) is 69.5 Å². The minimum Gasteiger partial charge on any atom is -0.388 e. The number of alkyl halides is 4. The molecule has 0 aliphatic rings. The molecule has 158 valence electrons. The maximum atomic E-state index is 11.4. The smallest absolute Gasteiger partial charge is 0.380 e. The average Bonchev–Trinajstić information content (AvgIpc) is 2.57. The molecule has 0 radical (unpaired) electrons. The number of methoxy groups -OCH3 is 1. The Morgan fingerprint density at radius 3 is 1.72 bits per heavy atom. The van der Waals surface area contributed by atoms with Gasteiger partial charge in [0, 0.05) is 7.11 Å². The van der Waals surface area contributed by atoms with Crippen molar-refractivity contribution in [3.05, 3.63) is 0 Å². The summed E-state index contributed by atoms with van der Waals surface area (Å²) < 4.78 is 57.6. The summed E-state index contributed by atoms with van der Waals surface area (Å²) in [6.07, 6.45) is -0.481. The van der Waals surface area contributed by atoms with Crippen LogP contribution in [0.1, 0.15) is 47.0 Å². The molecular weight excluding hydrogens is 348 g/mol. The molecule has 0 aromatic heterocycles. The van der Waals surface area contributed by atoms with Crippen LogP contribution >= 0.6 is 0 Å². The Kier molecular flexibility index (Phi) is 36.5. The summed E-state index contributed by atoms with van der Waals surface area (Å²) in [7, 11) is 1.48. The number of halogens is 4. The van der Waals surface area contributed by atoms with Crippen molar-refractivity contribution < 1.29 is 42.0 Å². The van der Waals surface area contributed by atoms with Gasteiger partial charge < -0.3 is 19.7 Å². The molecule has 0 saturated heterocycles. The highest BCUT2D eigenvalue weighted by atomic mass is 19.3. The first-order valence-electron chi connectivity index (χ1n) is 8.25. The van der Waals surface area contributed by atoms with Gasteiger partial charge in [0.2, 0.25) is 0 Å². The van der Waals surface area contributed by atoms with Crippen LogP contribution in [0, 0.1) is 0 Å². The van der Waals surface area contributed by atoms with E-state index in [0.717, 1.165) is 0 Å². The molecule has 0 fully saturated rings. The summed E-state index contributed by atoms with van der Waals surface area (Å²) in [5, 5.41) is 16.6. The zero-order valence-electron chi connectivity index (χ0n) is 16.1. The standard InChI is InChI=1S/C6H13FO3.C4H10.C3H5F3O2.C3H8/c1-9-4-6(8)5-10-3-2-7;1-3-4-2;4-2-8-3(5,6)1-7;1-3-2/h6,8H,2-5H2,1H3;3-4H2,1-2H3;7H,1-2H2;3H2,1-2H3. The second-order valence-electron chi connectivity index (χ2n) is 4.63. The molecular formula is C16H36F4O5. The molecule has 1 atom stereocenters. The van der Waals surface area contributed by atoms with Crippen LogP contribution in [0.3, 0.4) is 0 Å². The third-order valence-corrected chi connectivity index (χ3v) is 1.84.